The summed E-state index contributed by atoms with van der Waals surface area (Å²) in [6.45, 7) is 5.63. The minimum atomic E-state index is -1.63. The number of amides is 1. The molecule has 0 radical (unpaired) electrons. The van der Waals surface area contributed by atoms with E-state index in [9.17, 15) is 4.79 Å². The third kappa shape index (κ3) is 3.94. The molecule has 6 heteroatoms. The van der Waals surface area contributed by atoms with E-state index >= 15 is 4.39 Å². The van der Waals surface area contributed by atoms with Crippen LogP contribution in [-0.2, 0) is 17.0 Å². The zero-order valence-electron chi connectivity index (χ0n) is 13.3. The molecule has 1 atom stereocenters. The number of carbonyl (C=O) groups is 1. The summed E-state index contributed by atoms with van der Waals surface area (Å²) >= 11 is 0. The smallest absolute Gasteiger partial charge is 0.410 e. The SMILES string of the molecule is CC(C)(C)OC(=O)N1CCCC(F)(c2ccc(CO)nc2)C1. The highest BCUT2D eigenvalue weighted by molar-refractivity contribution is 5.68. The van der Waals surface area contributed by atoms with Crippen molar-refractivity contribution in [1.82, 2.24) is 9.88 Å². The number of carbonyl (C=O) groups excluding carboxylic acids is 1. The lowest BCUT2D eigenvalue weighted by molar-refractivity contribution is -0.00675. The van der Waals surface area contributed by atoms with E-state index in [1.54, 1.807) is 32.9 Å². The molecule has 0 saturated carbocycles. The summed E-state index contributed by atoms with van der Waals surface area (Å²) in [4.78, 5) is 17.6. The largest absolute Gasteiger partial charge is 0.444 e. The second-order valence-electron chi connectivity index (χ2n) is 6.67. The van der Waals surface area contributed by atoms with Crippen LogP contribution in [0, 0.1) is 0 Å². The average Bonchev–Trinajstić information content (AvgIpc) is 2.45. The van der Waals surface area contributed by atoms with Gasteiger partial charge in [-0.25, -0.2) is 9.18 Å². The van der Waals surface area contributed by atoms with Gasteiger partial charge in [-0.2, -0.15) is 0 Å². The van der Waals surface area contributed by atoms with Gasteiger partial charge in [0.25, 0.3) is 0 Å². The Bertz CT molecular complexity index is 527. The standard InChI is InChI=1S/C16H23FN2O3/c1-15(2,3)22-14(21)19-8-4-7-16(17,11-19)12-5-6-13(10-20)18-9-12/h5-6,9,20H,4,7-8,10-11H2,1-3H3. The van der Waals surface area contributed by atoms with Crippen LogP contribution in [0.4, 0.5) is 9.18 Å². The van der Waals surface area contributed by atoms with Crippen LogP contribution in [0.15, 0.2) is 18.3 Å². The van der Waals surface area contributed by atoms with Gasteiger partial charge in [0, 0.05) is 18.3 Å². The van der Waals surface area contributed by atoms with Gasteiger partial charge in [0.1, 0.15) is 5.60 Å². The topological polar surface area (TPSA) is 62.7 Å². The number of aromatic nitrogens is 1. The minimum Gasteiger partial charge on any atom is -0.444 e. The van der Waals surface area contributed by atoms with Crippen molar-refractivity contribution in [2.24, 2.45) is 0 Å². The first-order valence-corrected chi connectivity index (χ1v) is 7.47. The second kappa shape index (κ2) is 6.20. The molecule has 0 bridgehead atoms. The van der Waals surface area contributed by atoms with Crippen LogP contribution in [0.2, 0.25) is 0 Å². The molecular weight excluding hydrogens is 287 g/mol. The molecule has 1 N–H and O–H groups in total. The van der Waals surface area contributed by atoms with Crippen LogP contribution in [0.25, 0.3) is 0 Å². The van der Waals surface area contributed by atoms with Gasteiger partial charge in [-0.3, -0.25) is 4.98 Å². The van der Waals surface area contributed by atoms with Crippen LogP contribution in [-0.4, -0.2) is 39.8 Å². The number of hydrogen-bond acceptors (Lipinski definition) is 4. The highest BCUT2D eigenvalue weighted by Crippen LogP contribution is 2.35. The molecule has 122 valence electrons. The van der Waals surface area contributed by atoms with Gasteiger partial charge in [0.05, 0.1) is 18.8 Å². The Morgan fingerprint density at radius 2 is 2.23 bits per heavy atom. The number of ether oxygens (including phenoxy) is 1. The number of piperidine rings is 1. The number of aliphatic hydroxyl groups is 1. The number of aliphatic hydroxyl groups excluding tert-OH is 1. The first kappa shape index (κ1) is 16.7. The summed E-state index contributed by atoms with van der Waals surface area (Å²) in [5, 5.41) is 9.00. The summed E-state index contributed by atoms with van der Waals surface area (Å²) in [5.41, 5.74) is -1.31. The van der Waals surface area contributed by atoms with Crippen molar-refractivity contribution in [1.29, 1.82) is 0 Å². The predicted molar refractivity (Wildman–Crippen MR) is 80.0 cm³/mol. The Morgan fingerprint density at radius 3 is 2.77 bits per heavy atom. The molecule has 1 aliphatic rings. The lowest BCUT2D eigenvalue weighted by atomic mass is 9.88. The molecule has 1 aliphatic heterocycles. The van der Waals surface area contributed by atoms with Gasteiger partial charge in [-0.05, 0) is 39.7 Å². The van der Waals surface area contributed by atoms with E-state index < -0.39 is 17.4 Å². The summed E-state index contributed by atoms with van der Waals surface area (Å²) in [7, 11) is 0. The van der Waals surface area contributed by atoms with Gasteiger partial charge >= 0.3 is 6.09 Å². The summed E-state index contributed by atoms with van der Waals surface area (Å²) in [6.07, 6.45) is 1.85. The van der Waals surface area contributed by atoms with E-state index in [0.29, 0.717) is 30.6 Å². The molecule has 1 amide bonds. The first-order chi connectivity index (χ1) is 10.2. The summed E-state index contributed by atoms with van der Waals surface area (Å²) in [6, 6.07) is 3.22. The molecule has 0 aliphatic carbocycles. The molecular formula is C16H23FN2O3. The van der Waals surface area contributed by atoms with Gasteiger partial charge < -0.3 is 14.7 Å². The number of alkyl halides is 1. The van der Waals surface area contributed by atoms with E-state index in [-0.39, 0.29) is 13.2 Å². The molecule has 2 rings (SSSR count). The van der Waals surface area contributed by atoms with Crippen LogP contribution >= 0.6 is 0 Å². The zero-order valence-corrected chi connectivity index (χ0v) is 13.3. The molecule has 0 aromatic carbocycles. The van der Waals surface area contributed by atoms with Gasteiger partial charge in [-0.15, -0.1) is 0 Å². The lowest BCUT2D eigenvalue weighted by Gasteiger charge is -2.38. The molecule has 2 heterocycles. The van der Waals surface area contributed by atoms with Crippen molar-refractivity contribution in [3.05, 3.63) is 29.6 Å². The fourth-order valence-corrected chi connectivity index (χ4v) is 2.51. The van der Waals surface area contributed by atoms with Crippen LogP contribution in [0.1, 0.15) is 44.9 Å². The van der Waals surface area contributed by atoms with E-state index in [0.717, 1.165) is 0 Å². The Labute approximate surface area is 130 Å². The summed E-state index contributed by atoms with van der Waals surface area (Å²) in [5.74, 6) is 0. The van der Waals surface area contributed by atoms with Crippen molar-refractivity contribution in [3.8, 4) is 0 Å². The van der Waals surface area contributed by atoms with Crippen molar-refractivity contribution in [3.63, 3.8) is 0 Å². The monoisotopic (exact) mass is 310 g/mol. The molecule has 1 aromatic rings. The number of halogens is 1. The summed E-state index contributed by atoms with van der Waals surface area (Å²) < 4.78 is 20.5. The van der Waals surface area contributed by atoms with Crippen molar-refractivity contribution < 1.29 is 19.0 Å². The highest BCUT2D eigenvalue weighted by Gasteiger charge is 2.40. The Morgan fingerprint density at radius 1 is 1.50 bits per heavy atom. The Hall–Kier alpha value is -1.69. The third-order valence-corrected chi connectivity index (χ3v) is 3.60. The number of likely N-dealkylation sites (tertiary alicyclic amines) is 1. The van der Waals surface area contributed by atoms with Crippen LogP contribution in [0.5, 0.6) is 0 Å². The minimum absolute atomic E-state index is 0.0396. The number of rotatable bonds is 2. The lowest BCUT2D eigenvalue weighted by Crippen LogP contribution is -2.48. The fraction of sp³-hybridized carbons (Fsp3) is 0.625. The zero-order chi connectivity index (χ0) is 16.4. The van der Waals surface area contributed by atoms with Crippen LogP contribution < -0.4 is 0 Å². The second-order valence-corrected chi connectivity index (χ2v) is 6.67. The van der Waals surface area contributed by atoms with Gasteiger partial charge in [-0.1, -0.05) is 6.07 Å². The van der Waals surface area contributed by atoms with E-state index in [4.69, 9.17) is 9.84 Å². The quantitative estimate of drug-likeness (QED) is 0.912. The molecule has 5 nitrogen and oxygen atoms in total. The molecule has 1 saturated heterocycles. The molecule has 1 fully saturated rings. The van der Waals surface area contributed by atoms with Gasteiger partial charge in [0.2, 0.25) is 0 Å². The van der Waals surface area contributed by atoms with E-state index in [1.807, 2.05) is 0 Å². The highest BCUT2D eigenvalue weighted by atomic mass is 19.1. The van der Waals surface area contributed by atoms with Crippen molar-refractivity contribution >= 4 is 6.09 Å². The number of nitrogens with zero attached hydrogens (tertiary/aromatic N) is 2. The third-order valence-electron chi connectivity index (χ3n) is 3.60. The molecule has 1 unspecified atom stereocenters. The number of pyridine rings is 1. The normalized spacial score (nSPS) is 22.5. The maximum absolute atomic E-state index is 15.2. The first-order valence-electron chi connectivity index (χ1n) is 7.47. The number of hydrogen-bond donors (Lipinski definition) is 1. The Balaban J connectivity index is 2.12. The Kier molecular flexibility index (Phi) is 4.70. The van der Waals surface area contributed by atoms with Crippen molar-refractivity contribution in [2.45, 2.75) is 51.5 Å². The van der Waals surface area contributed by atoms with E-state index in [2.05, 4.69) is 4.98 Å². The maximum Gasteiger partial charge on any atom is 0.410 e. The molecule has 0 spiro atoms. The fourth-order valence-electron chi connectivity index (χ4n) is 2.51. The maximum atomic E-state index is 15.2. The molecule has 22 heavy (non-hydrogen) atoms. The average molecular weight is 310 g/mol. The van der Waals surface area contributed by atoms with E-state index in [1.165, 1.54) is 11.1 Å². The van der Waals surface area contributed by atoms with Gasteiger partial charge in [0.15, 0.2) is 5.67 Å². The van der Waals surface area contributed by atoms with Crippen molar-refractivity contribution in [2.75, 3.05) is 13.1 Å². The van der Waals surface area contributed by atoms with Crippen LogP contribution in [0.3, 0.4) is 0 Å². The molecule has 1 aromatic heterocycles. The predicted octanol–water partition coefficient (Wildman–Crippen LogP) is 2.77.